The quantitative estimate of drug-likeness (QED) is 0.680. The first kappa shape index (κ1) is 12.5. The molecule has 0 unspecified atom stereocenters. The molecule has 0 aromatic carbocycles. The van der Waals surface area contributed by atoms with Crippen molar-refractivity contribution in [2.75, 3.05) is 7.11 Å². The van der Waals surface area contributed by atoms with Gasteiger partial charge in [0.05, 0.1) is 13.0 Å². The predicted molar refractivity (Wildman–Crippen MR) is 60.4 cm³/mol. The summed E-state index contributed by atoms with van der Waals surface area (Å²) in [6, 6.07) is 0.375. The molecule has 2 N–H and O–H groups in total. The van der Waals surface area contributed by atoms with E-state index in [1.54, 1.807) is 0 Å². The first-order chi connectivity index (χ1) is 7.24. The van der Waals surface area contributed by atoms with Crippen molar-refractivity contribution in [3.05, 3.63) is 0 Å². The van der Waals surface area contributed by atoms with Gasteiger partial charge in [0.25, 0.3) is 0 Å². The normalized spacial score (nSPS) is 29.5. The highest BCUT2D eigenvalue weighted by molar-refractivity contribution is 5.72. The SMILES string of the molecule is COC(=O)C1CCCCC(N)CCCC1. The van der Waals surface area contributed by atoms with Gasteiger partial charge in [-0.25, -0.2) is 0 Å². The van der Waals surface area contributed by atoms with Gasteiger partial charge < -0.3 is 10.5 Å². The summed E-state index contributed by atoms with van der Waals surface area (Å²) in [7, 11) is 1.48. The van der Waals surface area contributed by atoms with Gasteiger partial charge in [-0.15, -0.1) is 0 Å². The maximum absolute atomic E-state index is 11.4. The van der Waals surface area contributed by atoms with Crippen molar-refractivity contribution in [1.29, 1.82) is 0 Å². The Hall–Kier alpha value is -0.570. The van der Waals surface area contributed by atoms with Crippen LogP contribution in [0.3, 0.4) is 0 Å². The van der Waals surface area contributed by atoms with Gasteiger partial charge in [0.2, 0.25) is 0 Å². The topological polar surface area (TPSA) is 52.3 Å². The monoisotopic (exact) mass is 213 g/mol. The Morgan fingerprint density at radius 3 is 2.00 bits per heavy atom. The average Bonchev–Trinajstić information content (AvgIpc) is 2.26. The Morgan fingerprint density at radius 1 is 1.07 bits per heavy atom. The van der Waals surface area contributed by atoms with Crippen molar-refractivity contribution >= 4 is 5.97 Å². The molecule has 0 bridgehead atoms. The molecule has 0 spiro atoms. The largest absolute Gasteiger partial charge is 0.469 e. The van der Waals surface area contributed by atoms with Gasteiger partial charge in [-0.3, -0.25) is 4.79 Å². The van der Waals surface area contributed by atoms with E-state index in [0.29, 0.717) is 6.04 Å². The summed E-state index contributed by atoms with van der Waals surface area (Å²) in [5, 5.41) is 0. The van der Waals surface area contributed by atoms with Crippen molar-refractivity contribution in [2.45, 2.75) is 57.4 Å². The van der Waals surface area contributed by atoms with Crippen LogP contribution in [0.5, 0.6) is 0 Å². The van der Waals surface area contributed by atoms with Crippen molar-refractivity contribution < 1.29 is 9.53 Å². The van der Waals surface area contributed by atoms with E-state index in [0.717, 1.165) is 51.4 Å². The number of nitrogens with two attached hydrogens (primary N) is 1. The zero-order chi connectivity index (χ0) is 11.1. The molecule has 0 aliphatic heterocycles. The van der Waals surface area contributed by atoms with E-state index in [4.69, 9.17) is 10.5 Å². The fourth-order valence-electron chi connectivity index (χ4n) is 2.29. The highest BCUT2D eigenvalue weighted by Crippen LogP contribution is 2.21. The molecular formula is C12H23NO2. The lowest BCUT2D eigenvalue weighted by Crippen LogP contribution is -2.22. The summed E-state index contributed by atoms with van der Waals surface area (Å²) in [4.78, 5) is 11.4. The van der Waals surface area contributed by atoms with Crippen LogP contribution in [0.4, 0.5) is 0 Å². The minimum absolute atomic E-state index is 0.0279. The molecule has 1 saturated carbocycles. The van der Waals surface area contributed by atoms with E-state index in [-0.39, 0.29) is 11.9 Å². The number of carbonyl (C=O) groups excluding carboxylic acids is 1. The zero-order valence-electron chi connectivity index (χ0n) is 9.71. The summed E-state index contributed by atoms with van der Waals surface area (Å²) in [5.41, 5.74) is 5.95. The maximum atomic E-state index is 11.4. The van der Waals surface area contributed by atoms with Gasteiger partial charge in [-0.05, 0) is 25.7 Å². The van der Waals surface area contributed by atoms with Crippen molar-refractivity contribution in [3.63, 3.8) is 0 Å². The molecule has 1 fully saturated rings. The Bertz CT molecular complexity index is 182. The molecule has 0 aromatic heterocycles. The van der Waals surface area contributed by atoms with Crippen molar-refractivity contribution in [2.24, 2.45) is 11.7 Å². The fraction of sp³-hybridized carbons (Fsp3) is 0.917. The third kappa shape index (κ3) is 4.65. The summed E-state index contributed by atoms with van der Waals surface area (Å²) in [6.45, 7) is 0. The first-order valence-electron chi connectivity index (χ1n) is 6.07. The lowest BCUT2D eigenvalue weighted by Gasteiger charge is -2.18. The second-order valence-corrected chi connectivity index (χ2v) is 4.55. The lowest BCUT2D eigenvalue weighted by atomic mass is 9.91. The van der Waals surface area contributed by atoms with Crippen LogP contribution in [0.25, 0.3) is 0 Å². The molecule has 3 nitrogen and oxygen atoms in total. The average molecular weight is 213 g/mol. The van der Waals surface area contributed by atoms with E-state index in [1.807, 2.05) is 0 Å². The van der Waals surface area contributed by atoms with Crippen molar-refractivity contribution in [3.8, 4) is 0 Å². The molecule has 0 radical (unpaired) electrons. The second-order valence-electron chi connectivity index (χ2n) is 4.55. The molecule has 1 aliphatic carbocycles. The lowest BCUT2D eigenvalue weighted by molar-refractivity contribution is -0.146. The summed E-state index contributed by atoms with van der Waals surface area (Å²) >= 11 is 0. The number of methoxy groups -OCH3 is 1. The third-order valence-corrected chi connectivity index (χ3v) is 3.29. The summed E-state index contributed by atoms with van der Waals surface area (Å²) in [6.07, 6.45) is 8.66. The molecule has 0 aromatic rings. The van der Waals surface area contributed by atoms with Gasteiger partial charge in [-0.1, -0.05) is 25.7 Å². The van der Waals surface area contributed by atoms with Crippen LogP contribution in [0.15, 0.2) is 0 Å². The molecule has 0 saturated heterocycles. The molecule has 0 atom stereocenters. The Morgan fingerprint density at radius 2 is 1.53 bits per heavy atom. The highest BCUT2D eigenvalue weighted by Gasteiger charge is 2.19. The Labute approximate surface area is 92.4 Å². The molecule has 3 heteroatoms. The maximum Gasteiger partial charge on any atom is 0.308 e. The van der Waals surface area contributed by atoms with Gasteiger partial charge in [0.1, 0.15) is 0 Å². The fourth-order valence-corrected chi connectivity index (χ4v) is 2.29. The standard InChI is InChI=1S/C12H23NO2/c1-15-12(14)10-6-2-4-8-11(13)9-5-3-7-10/h10-11H,2-9,13H2,1H3. The minimum atomic E-state index is -0.0279. The molecule has 15 heavy (non-hydrogen) atoms. The number of carbonyl (C=O) groups is 1. The first-order valence-corrected chi connectivity index (χ1v) is 6.07. The van der Waals surface area contributed by atoms with Crippen LogP contribution in [0, 0.1) is 5.92 Å². The second kappa shape index (κ2) is 6.83. The van der Waals surface area contributed by atoms with Crippen LogP contribution in [-0.2, 0) is 9.53 Å². The van der Waals surface area contributed by atoms with Gasteiger partial charge >= 0.3 is 5.97 Å². The number of rotatable bonds is 1. The molecule has 0 amide bonds. The van der Waals surface area contributed by atoms with Crippen molar-refractivity contribution in [1.82, 2.24) is 0 Å². The third-order valence-electron chi connectivity index (χ3n) is 3.29. The predicted octanol–water partition coefficient (Wildman–Crippen LogP) is 2.24. The molecule has 88 valence electrons. The van der Waals surface area contributed by atoms with E-state index in [9.17, 15) is 4.79 Å². The molecule has 0 heterocycles. The number of hydrogen-bond donors (Lipinski definition) is 1. The zero-order valence-corrected chi connectivity index (χ0v) is 9.71. The highest BCUT2D eigenvalue weighted by atomic mass is 16.5. The van der Waals surface area contributed by atoms with E-state index >= 15 is 0 Å². The summed E-state index contributed by atoms with van der Waals surface area (Å²) in [5.74, 6) is 0.101. The van der Waals surface area contributed by atoms with Gasteiger partial charge in [0, 0.05) is 6.04 Å². The van der Waals surface area contributed by atoms with Crippen LogP contribution in [0.2, 0.25) is 0 Å². The minimum Gasteiger partial charge on any atom is -0.469 e. The van der Waals surface area contributed by atoms with Crippen LogP contribution < -0.4 is 5.73 Å². The van der Waals surface area contributed by atoms with E-state index in [2.05, 4.69) is 0 Å². The van der Waals surface area contributed by atoms with Crippen LogP contribution >= 0.6 is 0 Å². The van der Waals surface area contributed by atoms with E-state index < -0.39 is 0 Å². The Balaban J connectivity index is 2.37. The number of esters is 1. The van der Waals surface area contributed by atoms with Crippen LogP contribution in [-0.4, -0.2) is 19.1 Å². The smallest absolute Gasteiger partial charge is 0.308 e. The van der Waals surface area contributed by atoms with Gasteiger partial charge in [-0.2, -0.15) is 0 Å². The van der Waals surface area contributed by atoms with E-state index in [1.165, 1.54) is 7.11 Å². The van der Waals surface area contributed by atoms with Crippen LogP contribution in [0.1, 0.15) is 51.4 Å². The summed E-state index contributed by atoms with van der Waals surface area (Å²) < 4.78 is 4.82. The Kier molecular flexibility index (Phi) is 5.69. The number of hydrogen-bond acceptors (Lipinski definition) is 3. The number of ether oxygens (including phenoxy) is 1. The van der Waals surface area contributed by atoms with Gasteiger partial charge in [0.15, 0.2) is 0 Å². The molecular weight excluding hydrogens is 190 g/mol. The molecule has 1 aliphatic rings. The molecule has 1 rings (SSSR count).